The summed E-state index contributed by atoms with van der Waals surface area (Å²) in [5.74, 6) is 2.49. The molecule has 0 spiro atoms. The fraction of sp³-hybridized carbons (Fsp3) is 0.500. The Morgan fingerprint density at radius 2 is 2.11 bits per heavy atom. The number of hydrogen-bond donors (Lipinski definition) is 1. The Bertz CT molecular complexity index is 920. The molecule has 4 rings (SSSR count). The molecule has 3 aromatic rings. The van der Waals surface area contributed by atoms with Crippen molar-refractivity contribution in [2.75, 3.05) is 7.11 Å². The highest BCUT2D eigenvalue weighted by Crippen LogP contribution is 2.35. The van der Waals surface area contributed by atoms with Crippen LogP contribution in [0.4, 0.5) is 0 Å². The fourth-order valence-electron chi connectivity index (χ4n) is 3.63. The largest absolute Gasteiger partial charge is 0.497 e. The number of hydrogen-bond acceptors (Lipinski definition) is 8. The van der Waals surface area contributed by atoms with E-state index in [4.69, 9.17) is 15.0 Å². The molecule has 150 valence electrons. The molecule has 2 aromatic heterocycles. The molecule has 1 fully saturated rings. The van der Waals surface area contributed by atoms with Crippen LogP contribution in [-0.4, -0.2) is 37.5 Å². The smallest absolute Gasteiger partial charge is 0.252 e. The molecule has 10 heteroatoms. The van der Waals surface area contributed by atoms with Gasteiger partial charge in [-0.3, -0.25) is 0 Å². The summed E-state index contributed by atoms with van der Waals surface area (Å²) in [6, 6.07) is 7.53. The van der Waals surface area contributed by atoms with E-state index in [-0.39, 0.29) is 18.4 Å². The van der Waals surface area contributed by atoms with Crippen molar-refractivity contribution < 1.29 is 9.26 Å². The number of rotatable bonds is 6. The van der Waals surface area contributed by atoms with Crippen molar-refractivity contribution in [3.63, 3.8) is 0 Å². The number of aryl methyl sites for hydroxylation is 1. The Kier molecular flexibility index (Phi) is 5.95. The van der Waals surface area contributed by atoms with Crippen LogP contribution >= 0.6 is 12.4 Å². The van der Waals surface area contributed by atoms with Gasteiger partial charge in [0.05, 0.1) is 12.6 Å². The second-order valence-corrected chi connectivity index (χ2v) is 7.06. The van der Waals surface area contributed by atoms with Gasteiger partial charge in [-0.05, 0) is 47.9 Å². The molecule has 0 aliphatic heterocycles. The van der Waals surface area contributed by atoms with Gasteiger partial charge in [0.15, 0.2) is 5.82 Å². The third-order valence-electron chi connectivity index (χ3n) is 5.18. The SMILES string of the molecule is COc1cccc(CC(c2nc(C3(N)CCCC3)no2)n2nnnc2C)c1.Cl. The first-order valence-corrected chi connectivity index (χ1v) is 9.09. The number of aromatic nitrogens is 6. The van der Waals surface area contributed by atoms with Crippen LogP contribution in [0.5, 0.6) is 5.75 Å². The number of nitrogens with two attached hydrogens (primary N) is 1. The number of halogens is 1. The molecule has 1 aliphatic rings. The van der Waals surface area contributed by atoms with E-state index in [1.807, 2.05) is 31.2 Å². The molecule has 1 atom stereocenters. The molecule has 1 aromatic carbocycles. The number of ether oxygens (including phenoxy) is 1. The van der Waals surface area contributed by atoms with Crippen molar-refractivity contribution >= 4 is 12.4 Å². The van der Waals surface area contributed by atoms with Crippen molar-refractivity contribution in [3.8, 4) is 5.75 Å². The molecule has 2 heterocycles. The van der Waals surface area contributed by atoms with E-state index in [2.05, 4.69) is 25.7 Å². The number of tetrazole rings is 1. The molecule has 1 aliphatic carbocycles. The molecule has 9 nitrogen and oxygen atoms in total. The zero-order valence-electron chi connectivity index (χ0n) is 15.9. The number of benzene rings is 1. The summed E-state index contributed by atoms with van der Waals surface area (Å²) in [6.07, 6.45) is 4.49. The normalized spacial score (nSPS) is 16.5. The van der Waals surface area contributed by atoms with Gasteiger partial charge >= 0.3 is 0 Å². The van der Waals surface area contributed by atoms with E-state index < -0.39 is 5.54 Å². The van der Waals surface area contributed by atoms with Gasteiger partial charge < -0.3 is 15.0 Å². The minimum absolute atomic E-state index is 0. The average molecular weight is 406 g/mol. The van der Waals surface area contributed by atoms with Crippen molar-refractivity contribution in [1.29, 1.82) is 0 Å². The fourth-order valence-corrected chi connectivity index (χ4v) is 3.63. The Labute approximate surface area is 169 Å². The maximum atomic E-state index is 6.48. The maximum absolute atomic E-state index is 6.48. The Morgan fingerprint density at radius 3 is 2.79 bits per heavy atom. The van der Waals surface area contributed by atoms with Crippen molar-refractivity contribution in [2.24, 2.45) is 5.73 Å². The first-order valence-electron chi connectivity index (χ1n) is 9.09. The predicted molar refractivity (Wildman–Crippen MR) is 103 cm³/mol. The Balaban J connectivity index is 0.00000225. The summed E-state index contributed by atoms with van der Waals surface area (Å²) in [5.41, 5.74) is 7.04. The maximum Gasteiger partial charge on any atom is 0.252 e. The summed E-state index contributed by atoms with van der Waals surface area (Å²) >= 11 is 0. The minimum atomic E-state index is -0.502. The lowest BCUT2D eigenvalue weighted by molar-refractivity contribution is 0.309. The van der Waals surface area contributed by atoms with Crippen LogP contribution in [0.2, 0.25) is 0 Å². The Hall–Kier alpha value is -2.52. The van der Waals surface area contributed by atoms with Crippen LogP contribution in [0.25, 0.3) is 0 Å². The van der Waals surface area contributed by atoms with E-state index in [0.717, 1.165) is 37.0 Å². The third kappa shape index (κ3) is 3.85. The second kappa shape index (κ2) is 8.24. The van der Waals surface area contributed by atoms with Crippen LogP contribution in [0.15, 0.2) is 28.8 Å². The minimum Gasteiger partial charge on any atom is -0.497 e. The first kappa shape index (κ1) is 20.2. The highest BCUT2D eigenvalue weighted by molar-refractivity contribution is 5.85. The second-order valence-electron chi connectivity index (χ2n) is 7.06. The lowest BCUT2D eigenvalue weighted by atomic mass is 9.98. The van der Waals surface area contributed by atoms with Crippen molar-refractivity contribution in [1.82, 2.24) is 30.3 Å². The van der Waals surface area contributed by atoms with Gasteiger partial charge in [-0.25, -0.2) is 4.68 Å². The molecule has 0 saturated heterocycles. The van der Waals surface area contributed by atoms with E-state index in [0.29, 0.717) is 24.0 Å². The summed E-state index contributed by atoms with van der Waals surface area (Å²) in [7, 11) is 1.65. The monoisotopic (exact) mass is 405 g/mol. The van der Waals surface area contributed by atoms with E-state index in [9.17, 15) is 0 Å². The standard InChI is InChI=1S/C18H23N7O2.ClH/c1-12-21-23-24-25(12)15(11-13-6-5-7-14(10-13)26-2)16-20-17(22-27-16)18(19)8-3-4-9-18;/h5-7,10,15H,3-4,8-9,11,19H2,1-2H3;1H. The molecular formula is C18H24ClN7O2. The molecule has 1 saturated carbocycles. The van der Waals surface area contributed by atoms with Gasteiger partial charge in [-0.15, -0.1) is 17.5 Å². The summed E-state index contributed by atoms with van der Waals surface area (Å²) < 4.78 is 12.7. The molecule has 2 N–H and O–H groups in total. The van der Waals surface area contributed by atoms with Gasteiger partial charge in [-0.1, -0.05) is 30.1 Å². The van der Waals surface area contributed by atoms with Crippen LogP contribution in [0.3, 0.4) is 0 Å². The summed E-state index contributed by atoms with van der Waals surface area (Å²) in [4.78, 5) is 4.65. The zero-order valence-corrected chi connectivity index (χ0v) is 16.7. The Morgan fingerprint density at radius 1 is 1.32 bits per heavy atom. The van der Waals surface area contributed by atoms with Gasteiger partial charge in [0.25, 0.3) is 5.89 Å². The molecular weight excluding hydrogens is 382 g/mol. The van der Waals surface area contributed by atoms with Gasteiger partial charge in [0.2, 0.25) is 0 Å². The van der Waals surface area contributed by atoms with E-state index >= 15 is 0 Å². The van der Waals surface area contributed by atoms with Crippen LogP contribution in [-0.2, 0) is 12.0 Å². The van der Waals surface area contributed by atoms with E-state index in [1.54, 1.807) is 11.8 Å². The van der Waals surface area contributed by atoms with Crippen LogP contribution in [0.1, 0.15) is 54.8 Å². The van der Waals surface area contributed by atoms with Crippen molar-refractivity contribution in [2.45, 2.75) is 50.6 Å². The third-order valence-corrected chi connectivity index (χ3v) is 5.18. The van der Waals surface area contributed by atoms with Crippen molar-refractivity contribution in [3.05, 3.63) is 47.4 Å². The summed E-state index contributed by atoms with van der Waals surface area (Å²) in [6.45, 7) is 1.84. The van der Waals surface area contributed by atoms with Gasteiger partial charge in [-0.2, -0.15) is 4.98 Å². The molecule has 0 amide bonds. The highest BCUT2D eigenvalue weighted by atomic mass is 35.5. The lowest BCUT2D eigenvalue weighted by Gasteiger charge is -2.18. The van der Waals surface area contributed by atoms with Crippen LogP contribution in [0, 0.1) is 6.92 Å². The molecule has 28 heavy (non-hydrogen) atoms. The molecule has 0 bridgehead atoms. The predicted octanol–water partition coefficient (Wildman–Crippen LogP) is 2.36. The van der Waals surface area contributed by atoms with Gasteiger partial charge in [0, 0.05) is 6.42 Å². The van der Waals surface area contributed by atoms with Crippen LogP contribution < -0.4 is 10.5 Å². The zero-order chi connectivity index (χ0) is 18.9. The first-order chi connectivity index (χ1) is 13.1. The number of methoxy groups -OCH3 is 1. The molecule has 1 unspecified atom stereocenters. The summed E-state index contributed by atoms with van der Waals surface area (Å²) in [5, 5.41) is 16.1. The number of nitrogens with zero attached hydrogens (tertiary/aromatic N) is 6. The molecule has 0 radical (unpaired) electrons. The van der Waals surface area contributed by atoms with Gasteiger partial charge in [0.1, 0.15) is 17.6 Å². The highest BCUT2D eigenvalue weighted by Gasteiger charge is 2.37. The topological polar surface area (TPSA) is 118 Å². The quantitative estimate of drug-likeness (QED) is 0.663. The average Bonchev–Trinajstić information content (AvgIpc) is 3.42. The lowest BCUT2D eigenvalue weighted by Crippen LogP contribution is -2.34. The van der Waals surface area contributed by atoms with E-state index in [1.165, 1.54) is 0 Å².